The molecule has 4 N–H and O–H groups in total. The maximum Gasteiger partial charge on any atom is 0.246 e. The van der Waals surface area contributed by atoms with Gasteiger partial charge in [0, 0.05) is 31.2 Å². The molecule has 0 bridgehead atoms. The molecule has 3 unspecified atom stereocenters. The topological polar surface area (TPSA) is 145 Å². The van der Waals surface area contributed by atoms with Crippen molar-refractivity contribution in [1.29, 1.82) is 0 Å². The maximum atomic E-state index is 13.7. The highest BCUT2D eigenvalue weighted by Gasteiger charge is 2.39. The monoisotopic (exact) mass is 612 g/mol. The molecule has 234 valence electrons. The average Bonchev–Trinajstić information content (AvgIpc) is 3.46. The lowest BCUT2D eigenvalue weighted by atomic mass is 9.98. The number of carbonyl (C=O) groups excluding carboxylic acids is 4. The van der Waals surface area contributed by atoms with Gasteiger partial charge >= 0.3 is 0 Å². The molecule has 2 aromatic rings. The third-order valence-electron chi connectivity index (χ3n) is 7.77. The summed E-state index contributed by atoms with van der Waals surface area (Å²) in [6, 6.07) is 16.9. The number of hydrogen-bond donors (Lipinski definition) is 4. The molecule has 1 aliphatic rings. The number of nitrogens with zero attached hydrogens (tertiary/aromatic N) is 1. The van der Waals surface area contributed by atoms with E-state index in [1.54, 1.807) is 24.3 Å². The zero-order chi connectivity index (χ0) is 31.6. The largest absolute Gasteiger partial charge is 0.344 e. The summed E-state index contributed by atoms with van der Waals surface area (Å²) in [5.41, 5.74) is 1.58. The van der Waals surface area contributed by atoms with Crippen molar-refractivity contribution >= 4 is 36.7 Å². The van der Waals surface area contributed by atoms with E-state index in [9.17, 15) is 28.6 Å². The first-order valence-corrected chi connectivity index (χ1v) is 16.9. The number of hydrogen-bond acceptors (Lipinski definition) is 5. The van der Waals surface area contributed by atoms with Gasteiger partial charge in [-0.2, -0.15) is 0 Å². The summed E-state index contributed by atoms with van der Waals surface area (Å²) in [4.78, 5) is 64.4. The Morgan fingerprint density at radius 3 is 2.19 bits per heavy atom. The van der Waals surface area contributed by atoms with E-state index in [4.69, 9.17) is 0 Å². The number of rotatable bonds is 14. The van der Waals surface area contributed by atoms with Crippen molar-refractivity contribution in [2.75, 3.05) is 18.0 Å². The van der Waals surface area contributed by atoms with E-state index in [0.29, 0.717) is 37.9 Å². The van der Waals surface area contributed by atoms with E-state index in [-0.39, 0.29) is 30.3 Å². The minimum Gasteiger partial charge on any atom is -0.344 e. The second-order valence-corrected chi connectivity index (χ2v) is 14.4. The van der Waals surface area contributed by atoms with Crippen LogP contribution < -0.4 is 16.0 Å². The van der Waals surface area contributed by atoms with Gasteiger partial charge in [0.25, 0.3) is 0 Å². The number of aryl methyl sites for hydroxylation is 1. The first kappa shape index (κ1) is 34.0. The Bertz CT molecular complexity index is 1290. The summed E-state index contributed by atoms with van der Waals surface area (Å²) in [6.07, 6.45) is 1.94. The molecule has 2 aromatic carbocycles. The highest BCUT2D eigenvalue weighted by Crippen LogP contribution is 2.47. The van der Waals surface area contributed by atoms with Crippen molar-refractivity contribution < 1.29 is 28.6 Å². The van der Waals surface area contributed by atoms with Crippen molar-refractivity contribution in [3.63, 3.8) is 0 Å². The van der Waals surface area contributed by atoms with E-state index < -0.39 is 43.0 Å². The molecular weight excluding hydrogens is 567 g/mol. The second-order valence-electron chi connectivity index (χ2n) is 11.8. The van der Waals surface area contributed by atoms with Crippen LogP contribution in [0.15, 0.2) is 60.7 Å². The number of nitrogens with one attached hydrogen (secondary N) is 3. The zero-order valence-corrected chi connectivity index (χ0v) is 26.4. The van der Waals surface area contributed by atoms with E-state index in [1.165, 1.54) is 18.7 Å². The maximum absolute atomic E-state index is 13.7. The van der Waals surface area contributed by atoms with E-state index in [1.807, 2.05) is 50.2 Å². The predicted octanol–water partition coefficient (Wildman–Crippen LogP) is 4.15. The molecule has 0 spiro atoms. The van der Waals surface area contributed by atoms with Gasteiger partial charge in [0.05, 0.1) is 0 Å². The minimum absolute atomic E-state index is 0.0962. The van der Waals surface area contributed by atoms with Crippen LogP contribution in [0.5, 0.6) is 0 Å². The van der Waals surface area contributed by atoms with Gasteiger partial charge in [-0.1, -0.05) is 62.4 Å². The average molecular weight is 613 g/mol. The van der Waals surface area contributed by atoms with Crippen molar-refractivity contribution in [1.82, 2.24) is 15.5 Å². The second kappa shape index (κ2) is 15.8. The number of likely N-dealkylation sites (tertiary alicyclic amines) is 1. The van der Waals surface area contributed by atoms with Crippen molar-refractivity contribution in [3.05, 3.63) is 66.2 Å². The van der Waals surface area contributed by atoms with Crippen LogP contribution in [0.3, 0.4) is 0 Å². The Hall–Kier alpha value is -3.49. The van der Waals surface area contributed by atoms with Crippen LogP contribution in [0.1, 0.15) is 58.9 Å². The summed E-state index contributed by atoms with van der Waals surface area (Å²) in [6.45, 7) is 7.22. The van der Waals surface area contributed by atoms with Crippen LogP contribution in [-0.2, 0) is 30.2 Å². The molecule has 0 aromatic heterocycles. The molecule has 0 aliphatic carbocycles. The lowest BCUT2D eigenvalue weighted by Gasteiger charge is -2.29. The number of amides is 4. The third kappa shape index (κ3) is 10.3. The van der Waals surface area contributed by atoms with Gasteiger partial charge in [-0.25, -0.2) is 0 Å². The van der Waals surface area contributed by atoms with Gasteiger partial charge in [0.15, 0.2) is 0 Å². The quantitative estimate of drug-likeness (QED) is 0.236. The van der Waals surface area contributed by atoms with Gasteiger partial charge in [0.2, 0.25) is 31.0 Å². The first-order chi connectivity index (χ1) is 20.4. The van der Waals surface area contributed by atoms with Crippen LogP contribution in [0.25, 0.3) is 0 Å². The summed E-state index contributed by atoms with van der Waals surface area (Å²) < 4.78 is 13.6. The standard InChI is InChI=1S/C32H45N4O6P/c1-22(2)20-28(31(39)34-27-14-9-6-10-15-27)35-30(38)26(18-17-25-12-7-5-8-13-25)21-43(41,42)23(3)33-32(40)29-16-11-19-36(29)24(4)37/h5-10,12-15,22-23,26,28-29H,11,16-21H2,1-4H3,(H,33,40)(H,34,39)(H,35,38)(H,41,42)/t23-,26?,28+,29?/m1/s1. The lowest BCUT2D eigenvalue weighted by molar-refractivity contribution is -0.136. The van der Waals surface area contributed by atoms with Gasteiger partial charge in [-0.05, 0) is 62.6 Å². The van der Waals surface area contributed by atoms with E-state index >= 15 is 0 Å². The Labute approximate surface area is 254 Å². The fourth-order valence-corrected chi connectivity index (χ4v) is 6.95. The smallest absolute Gasteiger partial charge is 0.246 e. The fraction of sp³-hybridized carbons (Fsp3) is 0.500. The van der Waals surface area contributed by atoms with Gasteiger partial charge in [0.1, 0.15) is 17.9 Å². The highest BCUT2D eigenvalue weighted by molar-refractivity contribution is 7.58. The normalized spacial score (nSPS) is 18.3. The molecule has 1 saturated heterocycles. The van der Waals surface area contributed by atoms with Crippen molar-refractivity contribution in [3.8, 4) is 0 Å². The summed E-state index contributed by atoms with van der Waals surface area (Å²) >= 11 is 0. The van der Waals surface area contributed by atoms with E-state index in [0.717, 1.165) is 5.56 Å². The first-order valence-electron chi connectivity index (χ1n) is 15.0. The molecule has 43 heavy (non-hydrogen) atoms. The third-order valence-corrected chi connectivity index (χ3v) is 10.1. The Kier molecular flexibility index (Phi) is 12.5. The van der Waals surface area contributed by atoms with Crippen molar-refractivity contribution in [2.24, 2.45) is 11.8 Å². The fourth-order valence-electron chi connectivity index (χ4n) is 5.33. The zero-order valence-electron chi connectivity index (χ0n) is 25.5. The number of para-hydroxylation sites is 1. The molecular formula is C32H45N4O6P. The number of carbonyl (C=O) groups is 4. The number of anilines is 1. The predicted molar refractivity (Wildman–Crippen MR) is 167 cm³/mol. The van der Waals surface area contributed by atoms with Gasteiger partial charge < -0.3 is 25.7 Å². The van der Waals surface area contributed by atoms with Crippen LogP contribution in [-0.4, -0.2) is 64.0 Å². The summed E-state index contributed by atoms with van der Waals surface area (Å²) in [7, 11) is -4.10. The van der Waals surface area contributed by atoms with Crippen LogP contribution in [0, 0.1) is 11.8 Å². The van der Waals surface area contributed by atoms with E-state index in [2.05, 4.69) is 16.0 Å². The molecule has 0 radical (unpaired) electrons. The van der Waals surface area contributed by atoms with Crippen LogP contribution >= 0.6 is 7.37 Å². The molecule has 5 atom stereocenters. The molecule has 4 amide bonds. The summed E-state index contributed by atoms with van der Waals surface area (Å²) in [5, 5.41) is 8.33. The molecule has 1 fully saturated rings. The van der Waals surface area contributed by atoms with Gasteiger partial charge in [-0.15, -0.1) is 0 Å². The summed E-state index contributed by atoms with van der Waals surface area (Å²) in [5.74, 6) is -3.48. The molecule has 10 nitrogen and oxygen atoms in total. The SMILES string of the molecule is CC(=O)N1CCCC1C(=O)N[C@@H](C)P(=O)(O)CC(CCc1ccccc1)C(=O)N[C@@H](CC(C)C)C(=O)Nc1ccccc1. The van der Waals surface area contributed by atoms with Gasteiger partial charge in [-0.3, -0.25) is 23.7 Å². The number of benzene rings is 2. The Balaban J connectivity index is 1.76. The molecule has 1 heterocycles. The highest BCUT2D eigenvalue weighted by atomic mass is 31.2. The Morgan fingerprint density at radius 1 is 0.953 bits per heavy atom. The lowest BCUT2D eigenvalue weighted by Crippen LogP contribution is -2.49. The molecule has 11 heteroatoms. The minimum atomic E-state index is -4.10. The van der Waals surface area contributed by atoms with Crippen LogP contribution in [0.4, 0.5) is 5.69 Å². The van der Waals surface area contributed by atoms with Crippen molar-refractivity contribution in [2.45, 2.75) is 77.7 Å². The van der Waals surface area contributed by atoms with Crippen LogP contribution in [0.2, 0.25) is 0 Å². The molecule has 1 aliphatic heterocycles. The molecule has 0 saturated carbocycles. The Morgan fingerprint density at radius 2 is 1.58 bits per heavy atom. The molecule has 3 rings (SSSR count).